The molecule has 0 saturated carbocycles. The summed E-state index contributed by atoms with van der Waals surface area (Å²) in [6.07, 6.45) is 1.66. The lowest BCUT2D eigenvalue weighted by Crippen LogP contribution is -1.94. The van der Waals surface area contributed by atoms with Crippen LogP contribution in [0, 0.1) is 19.7 Å². The zero-order valence-electron chi connectivity index (χ0n) is 11.9. The van der Waals surface area contributed by atoms with Crippen LogP contribution >= 0.6 is 11.8 Å². The summed E-state index contributed by atoms with van der Waals surface area (Å²) >= 11 is 1.39. The molecule has 0 atom stereocenters. The highest BCUT2D eigenvalue weighted by molar-refractivity contribution is 7.99. The molecule has 0 radical (unpaired) electrons. The van der Waals surface area contributed by atoms with Crippen LogP contribution in [0.3, 0.4) is 0 Å². The van der Waals surface area contributed by atoms with Crippen molar-refractivity contribution in [1.82, 2.24) is 4.98 Å². The first-order chi connectivity index (χ1) is 10.1. The molecule has 0 saturated heterocycles. The van der Waals surface area contributed by atoms with Gasteiger partial charge in [0, 0.05) is 22.2 Å². The topological polar surface area (TPSA) is 38.9 Å². The standard InChI is InChI=1S/C17H15FN2S/c1-10-5-6-15(11(2)8-10)21-17-13(18)9-14(19)12-4-3-7-20-16(12)17/h3-9H,19H2,1-2H3. The predicted molar refractivity (Wildman–Crippen MR) is 86.2 cm³/mol. The Morgan fingerprint density at radius 1 is 1.14 bits per heavy atom. The number of anilines is 1. The molecule has 3 aromatic rings. The second kappa shape index (κ2) is 5.37. The van der Waals surface area contributed by atoms with E-state index in [1.54, 1.807) is 6.20 Å². The Kier molecular flexibility index (Phi) is 3.55. The Balaban J connectivity index is 2.16. The van der Waals surface area contributed by atoms with E-state index in [-0.39, 0.29) is 5.82 Å². The minimum Gasteiger partial charge on any atom is -0.398 e. The molecule has 2 N–H and O–H groups in total. The van der Waals surface area contributed by atoms with Crippen molar-refractivity contribution < 1.29 is 4.39 Å². The quantitative estimate of drug-likeness (QED) is 0.695. The fourth-order valence-corrected chi connectivity index (χ4v) is 3.32. The van der Waals surface area contributed by atoms with Crippen LogP contribution in [0.2, 0.25) is 0 Å². The van der Waals surface area contributed by atoms with Gasteiger partial charge in [0.25, 0.3) is 0 Å². The lowest BCUT2D eigenvalue weighted by atomic mass is 10.2. The molecule has 1 heterocycles. The second-order valence-corrected chi connectivity index (χ2v) is 6.10. The van der Waals surface area contributed by atoms with Crippen molar-refractivity contribution in [1.29, 1.82) is 0 Å². The molecular weight excluding hydrogens is 283 g/mol. The first-order valence-electron chi connectivity index (χ1n) is 6.64. The summed E-state index contributed by atoms with van der Waals surface area (Å²) in [7, 11) is 0. The Bertz CT molecular complexity index is 830. The maximum Gasteiger partial charge on any atom is 0.141 e. The average molecular weight is 298 g/mol. The molecule has 0 fully saturated rings. The van der Waals surface area contributed by atoms with Crippen LogP contribution in [0.4, 0.5) is 10.1 Å². The molecule has 106 valence electrons. The van der Waals surface area contributed by atoms with Gasteiger partial charge in [0.1, 0.15) is 5.82 Å². The molecule has 0 bridgehead atoms. The van der Waals surface area contributed by atoms with E-state index in [9.17, 15) is 4.39 Å². The van der Waals surface area contributed by atoms with Crippen LogP contribution in [0.1, 0.15) is 11.1 Å². The minimum atomic E-state index is -0.330. The molecule has 0 aliphatic carbocycles. The Morgan fingerprint density at radius 2 is 1.95 bits per heavy atom. The smallest absolute Gasteiger partial charge is 0.141 e. The maximum atomic E-state index is 14.3. The third-order valence-corrected chi connectivity index (χ3v) is 4.65. The van der Waals surface area contributed by atoms with Crippen molar-refractivity contribution in [3.8, 4) is 0 Å². The zero-order chi connectivity index (χ0) is 15.0. The molecule has 21 heavy (non-hydrogen) atoms. The second-order valence-electron chi connectivity index (χ2n) is 5.05. The van der Waals surface area contributed by atoms with Gasteiger partial charge in [-0.15, -0.1) is 0 Å². The molecule has 4 heteroatoms. The highest BCUT2D eigenvalue weighted by Gasteiger charge is 2.14. The fraction of sp³-hybridized carbons (Fsp3) is 0.118. The summed E-state index contributed by atoms with van der Waals surface area (Å²) in [6.45, 7) is 4.07. The Hall–Kier alpha value is -2.07. The summed E-state index contributed by atoms with van der Waals surface area (Å²) in [5.41, 5.74) is 9.23. The van der Waals surface area contributed by atoms with Crippen LogP contribution in [0.25, 0.3) is 10.9 Å². The molecule has 1 aromatic heterocycles. The van der Waals surface area contributed by atoms with Gasteiger partial charge in [0.15, 0.2) is 0 Å². The molecule has 2 aromatic carbocycles. The largest absolute Gasteiger partial charge is 0.398 e. The van der Waals surface area contributed by atoms with E-state index in [0.29, 0.717) is 16.1 Å². The van der Waals surface area contributed by atoms with E-state index in [1.165, 1.54) is 23.4 Å². The number of nitrogens with zero attached hydrogens (tertiary/aromatic N) is 1. The summed E-state index contributed by atoms with van der Waals surface area (Å²) in [5.74, 6) is -0.330. The first-order valence-corrected chi connectivity index (χ1v) is 7.45. The van der Waals surface area contributed by atoms with E-state index in [1.807, 2.05) is 38.1 Å². The zero-order valence-corrected chi connectivity index (χ0v) is 12.7. The third kappa shape index (κ3) is 2.59. The molecule has 0 aliphatic heterocycles. The first kappa shape index (κ1) is 13.9. The number of nitrogen functional groups attached to an aromatic ring is 1. The van der Waals surface area contributed by atoms with Crippen LogP contribution in [-0.2, 0) is 0 Å². The van der Waals surface area contributed by atoms with Gasteiger partial charge in [-0.3, -0.25) is 4.98 Å². The summed E-state index contributed by atoms with van der Waals surface area (Å²) in [6, 6.07) is 11.2. The van der Waals surface area contributed by atoms with E-state index in [2.05, 4.69) is 11.1 Å². The van der Waals surface area contributed by atoms with Crippen LogP contribution in [0.5, 0.6) is 0 Å². The van der Waals surface area contributed by atoms with E-state index in [4.69, 9.17) is 5.73 Å². The summed E-state index contributed by atoms with van der Waals surface area (Å²) in [5, 5.41) is 0.783. The third-order valence-electron chi connectivity index (χ3n) is 3.38. The monoisotopic (exact) mass is 298 g/mol. The highest BCUT2D eigenvalue weighted by atomic mass is 32.2. The molecule has 0 aliphatic rings. The van der Waals surface area contributed by atoms with Gasteiger partial charge in [-0.05, 0) is 43.7 Å². The molecule has 0 unspecified atom stereocenters. The lowest BCUT2D eigenvalue weighted by molar-refractivity contribution is 0.605. The van der Waals surface area contributed by atoms with Gasteiger partial charge in [-0.25, -0.2) is 4.39 Å². The van der Waals surface area contributed by atoms with Crippen LogP contribution < -0.4 is 5.73 Å². The number of benzene rings is 2. The van der Waals surface area contributed by atoms with Crippen molar-refractivity contribution >= 4 is 28.4 Å². The van der Waals surface area contributed by atoms with Gasteiger partial charge in [-0.1, -0.05) is 29.5 Å². The molecule has 3 rings (SSSR count). The predicted octanol–water partition coefficient (Wildman–Crippen LogP) is 4.72. The number of nitrogens with two attached hydrogens (primary N) is 1. The Morgan fingerprint density at radius 3 is 2.71 bits per heavy atom. The van der Waals surface area contributed by atoms with E-state index in [0.717, 1.165) is 15.8 Å². The van der Waals surface area contributed by atoms with Crippen LogP contribution in [0.15, 0.2) is 52.4 Å². The minimum absolute atomic E-state index is 0.330. The number of halogens is 1. The molecule has 2 nitrogen and oxygen atoms in total. The van der Waals surface area contributed by atoms with Crippen LogP contribution in [-0.4, -0.2) is 4.98 Å². The number of rotatable bonds is 2. The number of aromatic nitrogens is 1. The normalized spacial score (nSPS) is 11.0. The average Bonchev–Trinajstić information content (AvgIpc) is 2.45. The van der Waals surface area contributed by atoms with Crippen molar-refractivity contribution in [2.45, 2.75) is 23.6 Å². The number of pyridine rings is 1. The van der Waals surface area contributed by atoms with Gasteiger partial charge in [0.2, 0.25) is 0 Å². The van der Waals surface area contributed by atoms with Gasteiger partial charge >= 0.3 is 0 Å². The number of fused-ring (bicyclic) bond motifs is 1. The Labute approximate surface area is 127 Å². The van der Waals surface area contributed by atoms with E-state index >= 15 is 0 Å². The lowest BCUT2D eigenvalue weighted by Gasteiger charge is -2.11. The van der Waals surface area contributed by atoms with Gasteiger partial charge in [-0.2, -0.15) is 0 Å². The van der Waals surface area contributed by atoms with Crippen molar-refractivity contribution in [2.24, 2.45) is 0 Å². The van der Waals surface area contributed by atoms with E-state index < -0.39 is 0 Å². The number of aryl methyl sites for hydroxylation is 2. The SMILES string of the molecule is Cc1ccc(Sc2c(F)cc(N)c3cccnc23)c(C)c1. The maximum absolute atomic E-state index is 14.3. The van der Waals surface area contributed by atoms with Crippen molar-refractivity contribution in [3.63, 3.8) is 0 Å². The van der Waals surface area contributed by atoms with Crippen molar-refractivity contribution in [2.75, 3.05) is 5.73 Å². The number of hydrogen-bond acceptors (Lipinski definition) is 3. The summed E-state index contributed by atoms with van der Waals surface area (Å²) < 4.78 is 14.3. The van der Waals surface area contributed by atoms with Gasteiger partial charge in [0.05, 0.1) is 10.4 Å². The fourth-order valence-electron chi connectivity index (χ4n) is 2.33. The van der Waals surface area contributed by atoms with Crippen molar-refractivity contribution in [3.05, 3.63) is 59.5 Å². The molecule has 0 spiro atoms. The highest BCUT2D eigenvalue weighted by Crippen LogP contribution is 2.38. The van der Waals surface area contributed by atoms with Gasteiger partial charge < -0.3 is 5.73 Å². The molecular formula is C17H15FN2S. The summed E-state index contributed by atoms with van der Waals surface area (Å²) in [4.78, 5) is 5.85. The molecule has 0 amide bonds. The number of hydrogen-bond donors (Lipinski definition) is 1.